The molecule has 0 saturated carbocycles. The molecule has 0 aromatic heterocycles. The van der Waals surface area contributed by atoms with Crippen LogP contribution in [-0.2, 0) is 17.1 Å². The van der Waals surface area contributed by atoms with Crippen molar-refractivity contribution in [2.45, 2.75) is 6.04 Å². The third-order valence-corrected chi connectivity index (χ3v) is 3.19. The molecule has 1 atom stereocenters. The van der Waals surface area contributed by atoms with Gasteiger partial charge in [0.05, 0.1) is 0 Å². The van der Waals surface area contributed by atoms with Crippen molar-refractivity contribution in [2.24, 2.45) is 0 Å². The summed E-state index contributed by atoms with van der Waals surface area (Å²) in [5.74, 6) is 0. The Hall–Kier alpha value is -1.60. The molecule has 0 bridgehead atoms. The molecule has 3 rings (SSSR count). The first-order valence-electron chi connectivity index (χ1n) is 6.88. The number of rotatable bonds is 3. The molecule has 0 unspecified atom stereocenters. The van der Waals surface area contributed by atoms with E-state index >= 15 is 0 Å². The second-order valence-electron chi connectivity index (χ2n) is 4.96. The summed E-state index contributed by atoms with van der Waals surface area (Å²) in [7, 11) is 4.23. The topological polar surface area (TPSA) is 3.24 Å². The fourth-order valence-corrected chi connectivity index (χ4v) is 2.32. The van der Waals surface area contributed by atoms with Gasteiger partial charge in [-0.05, 0) is 19.7 Å². The Morgan fingerprint density at radius 3 is 1.71 bits per heavy atom. The summed E-state index contributed by atoms with van der Waals surface area (Å²) in [6.07, 6.45) is 0. The minimum Gasteiger partial charge on any atom is -0.748 e. The molecule has 0 N–H and O–H groups in total. The molecule has 0 radical (unpaired) electrons. The number of hydrogen-bond acceptors (Lipinski definition) is 1. The van der Waals surface area contributed by atoms with Crippen molar-refractivity contribution in [3.63, 3.8) is 0 Å². The number of hydrogen-bond donors (Lipinski definition) is 0. The predicted octanol–water partition coefficient (Wildman–Crippen LogP) is 4.46. The Bertz CT molecular complexity index is 536. The monoisotopic (exact) mass is 319 g/mol. The molecule has 0 aliphatic rings. The van der Waals surface area contributed by atoms with E-state index < -0.39 is 0 Å². The van der Waals surface area contributed by atoms with Gasteiger partial charge in [-0.15, -0.1) is 5.56 Å². The van der Waals surface area contributed by atoms with E-state index in [0.29, 0.717) is 6.04 Å². The Morgan fingerprint density at radius 2 is 1.29 bits per heavy atom. The van der Waals surface area contributed by atoms with Crippen molar-refractivity contribution in [1.29, 1.82) is 0 Å². The summed E-state index contributed by atoms with van der Waals surface area (Å²) in [4.78, 5) is 2.24. The summed E-state index contributed by atoms with van der Waals surface area (Å²) in [5, 5.41) is 0. The van der Waals surface area contributed by atoms with Gasteiger partial charge >= 0.3 is 0 Å². The van der Waals surface area contributed by atoms with Crippen molar-refractivity contribution in [3.8, 4) is 0 Å². The molecular weight excluding hydrogens is 298 g/mol. The van der Waals surface area contributed by atoms with E-state index in [9.17, 15) is 0 Å². The second kappa shape index (κ2) is 9.36. The third kappa shape index (κ3) is 5.35. The van der Waals surface area contributed by atoms with E-state index in [1.165, 1.54) is 11.1 Å². The van der Waals surface area contributed by atoms with Crippen molar-refractivity contribution >= 4 is 0 Å². The summed E-state index contributed by atoms with van der Waals surface area (Å²) in [6.45, 7) is 0. The Morgan fingerprint density at radius 1 is 0.810 bits per heavy atom. The van der Waals surface area contributed by atoms with Crippen LogP contribution in [-0.4, -0.2) is 19.0 Å². The van der Waals surface area contributed by atoms with Gasteiger partial charge in [-0.1, -0.05) is 30.3 Å². The molecule has 0 saturated heterocycles. The molecular formula is C19H21FeN-6. The molecule has 0 heterocycles. The third-order valence-electron chi connectivity index (χ3n) is 3.19. The molecule has 3 aromatic rings. The van der Waals surface area contributed by atoms with Crippen molar-refractivity contribution in [1.82, 2.24) is 4.90 Å². The number of benzene rings is 1. The van der Waals surface area contributed by atoms with Gasteiger partial charge in [-0.3, -0.25) is 0 Å². The van der Waals surface area contributed by atoms with Crippen molar-refractivity contribution in [3.05, 3.63) is 96.1 Å². The molecule has 0 fully saturated rings. The smallest absolute Gasteiger partial charge is 0.0144 e. The average molecular weight is 319 g/mol. The van der Waals surface area contributed by atoms with Crippen LogP contribution >= 0.6 is 0 Å². The van der Waals surface area contributed by atoms with Gasteiger partial charge in [0, 0.05) is 23.1 Å². The molecule has 116 valence electrons. The zero-order valence-corrected chi connectivity index (χ0v) is 13.6. The van der Waals surface area contributed by atoms with Crippen LogP contribution < -0.4 is 0 Å². The van der Waals surface area contributed by atoms with E-state index in [-0.39, 0.29) is 17.1 Å². The largest absolute Gasteiger partial charge is 0.748 e. The summed E-state index contributed by atoms with van der Waals surface area (Å²) in [6, 6.07) is 29.5. The SMILES string of the molecule is CN(C)[C@H](c1ccccc1)[c-]1cccc1.[Fe].[cH-]1[cH-][cH-][cH-][cH-]1. The maximum absolute atomic E-state index is 2.24. The molecule has 1 nitrogen and oxygen atoms in total. The summed E-state index contributed by atoms with van der Waals surface area (Å²) < 4.78 is 0. The van der Waals surface area contributed by atoms with Gasteiger partial charge < -0.3 is 35.2 Å². The van der Waals surface area contributed by atoms with Gasteiger partial charge in [0.25, 0.3) is 0 Å². The van der Waals surface area contributed by atoms with Crippen LogP contribution in [0.5, 0.6) is 0 Å². The van der Waals surface area contributed by atoms with Gasteiger partial charge in [0.2, 0.25) is 0 Å². The zero-order valence-electron chi connectivity index (χ0n) is 12.5. The van der Waals surface area contributed by atoms with Crippen LogP contribution in [0.2, 0.25) is 0 Å². The first-order valence-corrected chi connectivity index (χ1v) is 6.88. The van der Waals surface area contributed by atoms with Crippen molar-refractivity contribution in [2.75, 3.05) is 14.1 Å². The second-order valence-corrected chi connectivity index (χ2v) is 4.96. The Kier molecular flexibility index (Phi) is 7.78. The average Bonchev–Trinajstić information content (AvgIpc) is 3.16. The van der Waals surface area contributed by atoms with Gasteiger partial charge in [-0.25, -0.2) is 12.1 Å². The maximum atomic E-state index is 2.24. The Balaban J connectivity index is 0.000000313. The fraction of sp³-hybridized carbons (Fsp3) is 0.158. The van der Waals surface area contributed by atoms with Gasteiger partial charge in [-0.2, -0.15) is 12.1 Å². The first kappa shape index (κ1) is 17.5. The summed E-state index contributed by atoms with van der Waals surface area (Å²) >= 11 is 0. The van der Waals surface area contributed by atoms with E-state index in [0.717, 1.165) is 0 Å². The summed E-state index contributed by atoms with van der Waals surface area (Å²) in [5.41, 5.74) is 2.69. The van der Waals surface area contributed by atoms with Gasteiger partial charge in [0.1, 0.15) is 0 Å². The molecule has 0 amide bonds. The minimum absolute atomic E-state index is 0. The molecule has 0 aliphatic heterocycles. The van der Waals surface area contributed by atoms with Crippen LogP contribution in [0.3, 0.4) is 0 Å². The first-order chi connectivity index (χ1) is 9.79. The molecule has 21 heavy (non-hydrogen) atoms. The minimum atomic E-state index is 0. The van der Waals surface area contributed by atoms with Crippen LogP contribution in [0.25, 0.3) is 0 Å². The van der Waals surface area contributed by atoms with E-state index in [1.807, 2.05) is 30.3 Å². The van der Waals surface area contributed by atoms with Crippen LogP contribution in [0, 0.1) is 0 Å². The molecule has 0 aliphatic carbocycles. The van der Waals surface area contributed by atoms with Gasteiger partial charge in [0.15, 0.2) is 0 Å². The van der Waals surface area contributed by atoms with Crippen LogP contribution in [0.15, 0.2) is 84.9 Å². The number of nitrogens with zero attached hydrogens (tertiary/aromatic N) is 1. The predicted molar refractivity (Wildman–Crippen MR) is 86.0 cm³/mol. The molecule has 3 aromatic carbocycles. The van der Waals surface area contributed by atoms with E-state index in [1.54, 1.807) is 0 Å². The van der Waals surface area contributed by atoms with Crippen LogP contribution in [0.4, 0.5) is 0 Å². The van der Waals surface area contributed by atoms with Crippen LogP contribution in [0.1, 0.15) is 17.2 Å². The molecule has 2 heteroatoms. The Labute approximate surface area is 138 Å². The van der Waals surface area contributed by atoms with E-state index in [4.69, 9.17) is 0 Å². The standard InChI is InChI=1S/C14H16N.C5H5.Fe/c1-15(2)14(13-10-6-7-11-13)12-8-4-3-5-9-12;1-2-4-5-3-1;/h3-11,14H,1-2H3;1-5H;/q-1;-5;/t14-;;/m1../s1. The van der Waals surface area contributed by atoms with Crippen molar-refractivity contribution < 1.29 is 17.1 Å². The maximum Gasteiger partial charge on any atom is 0.0144 e. The van der Waals surface area contributed by atoms with E-state index in [2.05, 4.69) is 73.6 Å². The molecule has 0 spiro atoms. The zero-order chi connectivity index (χ0) is 14.2. The fourth-order valence-electron chi connectivity index (χ4n) is 2.32. The normalized spacial score (nSPS) is 11.2. The quantitative estimate of drug-likeness (QED) is 0.509.